The summed E-state index contributed by atoms with van der Waals surface area (Å²) in [6, 6.07) is 20.9. The lowest BCUT2D eigenvalue weighted by molar-refractivity contribution is 0.0371. The molecule has 0 saturated carbocycles. The van der Waals surface area contributed by atoms with Crippen molar-refractivity contribution >= 4 is 40.0 Å². The largest absolute Gasteiger partial charge is 0.487 e. The monoisotopic (exact) mass is 581 g/mol. The molecular weight excluding hydrogens is 546 g/mol. The van der Waals surface area contributed by atoms with E-state index in [1.807, 2.05) is 49.4 Å². The third-order valence-electron chi connectivity index (χ3n) is 7.70. The molecule has 222 valence electrons. The van der Waals surface area contributed by atoms with Gasteiger partial charge in [-0.25, -0.2) is 4.79 Å². The molecule has 1 aromatic heterocycles. The van der Waals surface area contributed by atoms with E-state index >= 15 is 0 Å². The van der Waals surface area contributed by atoms with Gasteiger partial charge in [0.15, 0.2) is 0 Å². The molecule has 1 aliphatic rings. The third-order valence-corrected chi connectivity index (χ3v) is 7.70. The number of amides is 4. The highest BCUT2D eigenvalue weighted by Gasteiger charge is 2.34. The van der Waals surface area contributed by atoms with E-state index in [1.54, 1.807) is 54.1 Å². The van der Waals surface area contributed by atoms with Crippen LogP contribution in [0.5, 0.6) is 5.75 Å². The second-order valence-electron chi connectivity index (χ2n) is 10.9. The number of benzene rings is 3. The third kappa shape index (κ3) is 6.60. The summed E-state index contributed by atoms with van der Waals surface area (Å²) in [4.78, 5) is 46.9. The van der Waals surface area contributed by atoms with Gasteiger partial charge in [-0.1, -0.05) is 43.3 Å². The molecule has 0 unspecified atom stereocenters. The zero-order valence-electron chi connectivity index (χ0n) is 24.4. The van der Waals surface area contributed by atoms with Gasteiger partial charge in [-0.15, -0.1) is 0 Å². The first-order valence-electron chi connectivity index (χ1n) is 14.2. The number of aliphatic hydroxyl groups is 1. The SMILES string of the molecule is C[C@H](CO)N1C[C@H](C)[C@H](CN(C)C(=O)Nc2cccc3ccccc23)Oc2ccc(NC(=O)c3ccncc3)cc2C1=O. The lowest BCUT2D eigenvalue weighted by atomic mass is 9.99. The van der Waals surface area contributed by atoms with Crippen LogP contribution in [0, 0.1) is 5.92 Å². The van der Waals surface area contributed by atoms with Crippen molar-refractivity contribution in [3.8, 4) is 5.75 Å². The van der Waals surface area contributed by atoms with Crippen LogP contribution < -0.4 is 15.4 Å². The molecule has 0 aliphatic carbocycles. The Morgan fingerprint density at radius 2 is 1.81 bits per heavy atom. The molecule has 0 spiro atoms. The van der Waals surface area contributed by atoms with Gasteiger partial charge in [0.25, 0.3) is 11.8 Å². The predicted molar refractivity (Wildman–Crippen MR) is 165 cm³/mol. The van der Waals surface area contributed by atoms with E-state index in [-0.39, 0.29) is 42.5 Å². The lowest BCUT2D eigenvalue weighted by Crippen LogP contribution is -2.50. The Hall–Kier alpha value is -4.96. The maximum atomic E-state index is 13.7. The Morgan fingerprint density at radius 1 is 1.07 bits per heavy atom. The first-order chi connectivity index (χ1) is 20.7. The molecule has 3 N–H and O–H groups in total. The molecule has 10 nitrogen and oxygen atoms in total. The molecule has 3 aromatic carbocycles. The molecule has 0 fully saturated rings. The molecule has 3 atom stereocenters. The van der Waals surface area contributed by atoms with Gasteiger partial charge in [0.2, 0.25) is 0 Å². The topological polar surface area (TPSA) is 124 Å². The number of hydrogen-bond donors (Lipinski definition) is 3. The van der Waals surface area contributed by atoms with Crippen LogP contribution in [0.1, 0.15) is 34.6 Å². The van der Waals surface area contributed by atoms with Gasteiger partial charge in [-0.05, 0) is 48.7 Å². The summed E-state index contributed by atoms with van der Waals surface area (Å²) in [5.41, 5.74) is 1.82. The van der Waals surface area contributed by atoms with Gasteiger partial charge < -0.3 is 30.3 Å². The number of nitrogens with zero attached hydrogens (tertiary/aromatic N) is 3. The van der Waals surface area contributed by atoms with Crippen molar-refractivity contribution in [3.05, 3.63) is 96.3 Å². The highest BCUT2D eigenvalue weighted by Crippen LogP contribution is 2.31. The van der Waals surface area contributed by atoms with Crippen LogP contribution in [0.15, 0.2) is 85.2 Å². The van der Waals surface area contributed by atoms with Crippen molar-refractivity contribution in [2.24, 2.45) is 5.92 Å². The summed E-state index contributed by atoms with van der Waals surface area (Å²) in [6.45, 7) is 4.07. The van der Waals surface area contributed by atoms with Crippen molar-refractivity contribution in [1.29, 1.82) is 0 Å². The van der Waals surface area contributed by atoms with Gasteiger partial charge >= 0.3 is 6.03 Å². The van der Waals surface area contributed by atoms with Crippen molar-refractivity contribution in [2.45, 2.75) is 26.0 Å². The van der Waals surface area contributed by atoms with Crippen LogP contribution in [-0.2, 0) is 0 Å². The first-order valence-corrected chi connectivity index (χ1v) is 14.2. The number of likely N-dealkylation sites (N-methyl/N-ethyl adjacent to an activating group) is 1. The van der Waals surface area contributed by atoms with Gasteiger partial charge in [-0.3, -0.25) is 14.6 Å². The molecule has 4 aromatic rings. The summed E-state index contributed by atoms with van der Waals surface area (Å²) < 4.78 is 6.41. The normalized spacial score (nSPS) is 17.2. The standard InChI is InChI=1S/C33H35N5O5/c1-21-18-38(22(2)20-39)32(41)27-17-25(35-31(40)24-13-15-34-16-14-24)11-12-29(27)43-30(21)19-37(3)33(42)36-28-10-6-8-23-7-4-5-9-26(23)28/h4-17,21-22,30,39H,18-20H2,1-3H3,(H,35,40)(H,36,42)/t21-,22+,30-/m0/s1. The molecular formula is C33H35N5O5. The Bertz CT molecular complexity index is 1620. The molecule has 10 heteroatoms. The molecule has 43 heavy (non-hydrogen) atoms. The van der Waals surface area contributed by atoms with Crippen LogP contribution >= 0.6 is 0 Å². The fourth-order valence-electron chi connectivity index (χ4n) is 5.12. The van der Waals surface area contributed by atoms with Gasteiger partial charge in [0.1, 0.15) is 11.9 Å². The second-order valence-corrected chi connectivity index (χ2v) is 10.9. The number of aliphatic hydroxyl groups excluding tert-OH is 1. The quantitative estimate of drug-likeness (QED) is 0.286. The van der Waals surface area contributed by atoms with Crippen LogP contribution in [0.25, 0.3) is 10.8 Å². The van der Waals surface area contributed by atoms with E-state index in [0.29, 0.717) is 29.2 Å². The number of fused-ring (bicyclic) bond motifs is 2. The summed E-state index contributed by atoms with van der Waals surface area (Å²) in [7, 11) is 1.70. The molecule has 5 rings (SSSR count). The molecule has 0 radical (unpaired) electrons. The number of anilines is 2. The molecule has 2 heterocycles. The van der Waals surface area contributed by atoms with Crippen LogP contribution in [0.4, 0.5) is 16.2 Å². The predicted octanol–water partition coefficient (Wildman–Crippen LogP) is 4.87. The van der Waals surface area contributed by atoms with E-state index in [0.717, 1.165) is 10.8 Å². The van der Waals surface area contributed by atoms with E-state index < -0.39 is 12.1 Å². The average Bonchev–Trinajstić information content (AvgIpc) is 3.03. The fraction of sp³-hybridized carbons (Fsp3) is 0.273. The number of nitrogens with one attached hydrogen (secondary N) is 2. The lowest BCUT2D eigenvalue weighted by Gasteiger charge is -2.38. The zero-order chi connectivity index (χ0) is 30.5. The Morgan fingerprint density at radius 3 is 2.58 bits per heavy atom. The van der Waals surface area contributed by atoms with Crippen molar-refractivity contribution < 1.29 is 24.2 Å². The molecule has 1 aliphatic heterocycles. The van der Waals surface area contributed by atoms with Gasteiger partial charge in [0, 0.05) is 48.5 Å². The highest BCUT2D eigenvalue weighted by molar-refractivity contribution is 6.05. The van der Waals surface area contributed by atoms with Crippen LogP contribution in [0.3, 0.4) is 0 Å². The number of urea groups is 1. The maximum Gasteiger partial charge on any atom is 0.321 e. The summed E-state index contributed by atoms with van der Waals surface area (Å²) in [6.07, 6.45) is 2.59. The van der Waals surface area contributed by atoms with E-state index in [1.165, 1.54) is 12.4 Å². The van der Waals surface area contributed by atoms with Crippen molar-refractivity contribution in [1.82, 2.24) is 14.8 Å². The highest BCUT2D eigenvalue weighted by atomic mass is 16.5. The minimum atomic E-state index is -0.472. The van der Waals surface area contributed by atoms with E-state index in [9.17, 15) is 19.5 Å². The van der Waals surface area contributed by atoms with Crippen LogP contribution in [-0.4, -0.2) is 76.6 Å². The summed E-state index contributed by atoms with van der Waals surface area (Å²) >= 11 is 0. The van der Waals surface area contributed by atoms with Crippen LogP contribution in [0.2, 0.25) is 0 Å². The van der Waals surface area contributed by atoms with E-state index in [4.69, 9.17) is 4.74 Å². The fourth-order valence-corrected chi connectivity index (χ4v) is 5.12. The Balaban J connectivity index is 1.38. The number of aromatic nitrogens is 1. The Kier molecular flexibility index (Phi) is 8.87. The average molecular weight is 582 g/mol. The Labute approximate surface area is 250 Å². The zero-order valence-corrected chi connectivity index (χ0v) is 24.4. The number of hydrogen-bond acceptors (Lipinski definition) is 6. The minimum Gasteiger partial charge on any atom is -0.487 e. The van der Waals surface area contributed by atoms with Crippen molar-refractivity contribution in [2.75, 3.05) is 37.4 Å². The molecule has 4 amide bonds. The second kappa shape index (κ2) is 12.9. The number of rotatable bonds is 7. The number of ether oxygens (including phenoxy) is 1. The maximum absolute atomic E-state index is 13.7. The number of pyridine rings is 1. The first kappa shape index (κ1) is 29.5. The molecule has 0 saturated heterocycles. The van der Waals surface area contributed by atoms with Gasteiger partial charge in [-0.2, -0.15) is 0 Å². The van der Waals surface area contributed by atoms with E-state index in [2.05, 4.69) is 15.6 Å². The smallest absolute Gasteiger partial charge is 0.321 e. The summed E-state index contributed by atoms with van der Waals surface area (Å²) in [5.74, 6) is -0.497. The molecule has 0 bridgehead atoms. The summed E-state index contributed by atoms with van der Waals surface area (Å²) in [5, 5.41) is 17.7. The number of carbonyl (C=O) groups excluding carboxylic acids is 3. The van der Waals surface area contributed by atoms with Gasteiger partial charge in [0.05, 0.1) is 30.4 Å². The van der Waals surface area contributed by atoms with Crippen molar-refractivity contribution in [3.63, 3.8) is 0 Å². The minimum absolute atomic E-state index is 0.176. The number of carbonyl (C=O) groups is 3.